The number of nitrogens with one attached hydrogen (secondary N) is 1. The highest BCUT2D eigenvalue weighted by Gasteiger charge is 2.32. The van der Waals surface area contributed by atoms with Crippen LogP contribution in [0.1, 0.15) is 44.7 Å². The topological polar surface area (TPSA) is 30.5 Å². The minimum atomic E-state index is 0.395. The molecule has 0 aromatic heterocycles. The first-order valence-corrected chi connectivity index (χ1v) is 8.22. The fourth-order valence-electron chi connectivity index (χ4n) is 3.49. The first kappa shape index (κ1) is 16.3. The van der Waals surface area contributed by atoms with Gasteiger partial charge in [0.2, 0.25) is 0 Å². The van der Waals surface area contributed by atoms with Gasteiger partial charge in [-0.3, -0.25) is 0 Å². The monoisotopic (exact) mass is 291 g/mol. The van der Waals surface area contributed by atoms with E-state index in [1.807, 2.05) is 6.07 Å². The van der Waals surface area contributed by atoms with E-state index in [-0.39, 0.29) is 0 Å². The number of hydrogen-bond donors (Lipinski definition) is 1. The Morgan fingerprint density at radius 2 is 2.05 bits per heavy atom. The Labute approximate surface area is 129 Å². The molecule has 21 heavy (non-hydrogen) atoms. The van der Waals surface area contributed by atoms with Gasteiger partial charge in [0.25, 0.3) is 0 Å². The van der Waals surface area contributed by atoms with E-state index >= 15 is 0 Å². The zero-order valence-electron chi connectivity index (χ0n) is 13.6. The third-order valence-corrected chi connectivity index (χ3v) is 4.58. The van der Waals surface area contributed by atoms with Crippen molar-refractivity contribution in [1.82, 2.24) is 5.32 Å². The summed E-state index contributed by atoms with van der Waals surface area (Å²) in [7, 11) is 1.71. The Morgan fingerprint density at radius 3 is 2.71 bits per heavy atom. The van der Waals surface area contributed by atoms with Gasteiger partial charge >= 0.3 is 0 Å². The normalized spacial score (nSPS) is 23.2. The van der Waals surface area contributed by atoms with Crippen LogP contribution in [0.4, 0.5) is 0 Å². The van der Waals surface area contributed by atoms with Gasteiger partial charge in [-0.1, -0.05) is 44.9 Å². The molecule has 0 heterocycles. The summed E-state index contributed by atoms with van der Waals surface area (Å²) in [5.74, 6) is 2.48. The van der Waals surface area contributed by atoms with E-state index in [4.69, 9.17) is 9.47 Å². The van der Waals surface area contributed by atoms with Crippen molar-refractivity contribution in [3.63, 3.8) is 0 Å². The van der Waals surface area contributed by atoms with Crippen LogP contribution < -0.4 is 10.1 Å². The van der Waals surface area contributed by atoms with Gasteiger partial charge < -0.3 is 14.8 Å². The van der Waals surface area contributed by atoms with Gasteiger partial charge in [-0.05, 0) is 30.9 Å². The second kappa shape index (κ2) is 8.40. The zero-order valence-corrected chi connectivity index (χ0v) is 13.6. The molecule has 0 amide bonds. The minimum absolute atomic E-state index is 0.395. The number of hydrogen-bond acceptors (Lipinski definition) is 3. The molecule has 0 radical (unpaired) electrons. The van der Waals surface area contributed by atoms with E-state index in [0.717, 1.165) is 18.2 Å². The summed E-state index contributed by atoms with van der Waals surface area (Å²) in [6, 6.07) is 8.84. The van der Waals surface area contributed by atoms with Gasteiger partial charge in [-0.15, -0.1) is 0 Å². The van der Waals surface area contributed by atoms with E-state index in [9.17, 15) is 0 Å². The molecule has 1 N–H and O–H groups in total. The van der Waals surface area contributed by atoms with Crippen molar-refractivity contribution in [2.45, 2.75) is 39.2 Å². The minimum Gasteiger partial charge on any atom is -0.491 e. The van der Waals surface area contributed by atoms with Crippen LogP contribution >= 0.6 is 0 Å². The van der Waals surface area contributed by atoms with E-state index in [0.29, 0.717) is 25.2 Å². The average Bonchev–Trinajstić information content (AvgIpc) is 2.92. The van der Waals surface area contributed by atoms with E-state index in [1.54, 1.807) is 7.11 Å². The third kappa shape index (κ3) is 4.21. The highest BCUT2D eigenvalue weighted by atomic mass is 16.5. The highest BCUT2D eigenvalue weighted by Crippen LogP contribution is 2.42. The summed E-state index contributed by atoms with van der Waals surface area (Å²) in [5, 5.41) is 3.69. The van der Waals surface area contributed by atoms with Crippen LogP contribution in [0.25, 0.3) is 0 Å². The number of methoxy groups -OCH3 is 1. The smallest absolute Gasteiger partial charge is 0.124 e. The van der Waals surface area contributed by atoms with Crippen molar-refractivity contribution in [3.8, 4) is 5.75 Å². The molecule has 1 saturated carbocycles. The van der Waals surface area contributed by atoms with Gasteiger partial charge in [0.1, 0.15) is 12.4 Å². The van der Waals surface area contributed by atoms with E-state index in [2.05, 4.69) is 37.4 Å². The Hall–Kier alpha value is -1.06. The molecular formula is C18H29NO2. The number of benzene rings is 1. The molecule has 1 aliphatic rings. The first-order chi connectivity index (χ1) is 10.3. The van der Waals surface area contributed by atoms with Crippen molar-refractivity contribution < 1.29 is 9.47 Å². The van der Waals surface area contributed by atoms with Crippen LogP contribution in [-0.4, -0.2) is 26.9 Å². The fraction of sp³-hybridized carbons (Fsp3) is 0.667. The van der Waals surface area contributed by atoms with Gasteiger partial charge in [0, 0.05) is 18.7 Å². The average molecular weight is 291 g/mol. The molecule has 2 rings (SSSR count). The predicted molar refractivity (Wildman–Crippen MR) is 86.7 cm³/mol. The molecule has 1 aliphatic carbocycles. The fourth-order valence-corrected chi connectivity index (χ4v) is 3.49. The molecule has 3 unspecified atom stereocenters. The number of para-hydroxylation sites is 1. The molecule has 1 aromatic rings. The molecule has 118 valence electrons. The lowest BCUT2D eigenvalue weighted by atomic mass is 9.85. The second-order valence-electron chi connectivity index (χ2n) is 5.99. The maximum Gasteiger partial charge on any atom is 0.124 e. The highest BCUT2D eigenvalue weighted by molar-refractivity contribution is 5.36. The SMILES string of the molecule is CCNC(c1ccccc1OCCOC)C1CCCC1C. The largest absolute Gasteiger partial charge is 0.491 e. The maximum atomic E-state index is 5.93. The van der Waals surface area contributed by atoms with Crippen molar-refractivity contribution in [3.05, 3.63) is 29.8 Å². The molecular weight excluding hydrogens is 262 g/mol. The third-order valence-electron chi connectivity index (χ3n) is 4.58. The second-order valence-corrected chi connectivity index (χ2v) is 5.99. The summed E-state index contributed by atoms with van der Waals surface area (Å²) < 4.78 is 11.0. The van der Waals surface area contributed by atoms with E-state index in [1.165, 1.54) is 24.8 Å². The van der Waals surface area contributed by atoms with Gasteiger partial charge in [0.15, 0.2) is 0 Å². The molecule has 0 bridgehead atoms. The molecule has 3 atom stereocenters. The summed E-state index contributed by atoms with van der Waals surface area (Å²) in [6.45, 7) is 6.78. The Balaban J connectivity index is 2.18. The molecule has 3 heteroatoms. The number of ether oxygens (including phenoxy) is 2. The molecule has 0 saturated heterocycles. The summed E-state index contributed by atoms with van der Waals surface area (Å²) >= 11 is 0. The van der Waals surface area contributed by atoms with Crippen LogP contribution in [0.5, 0.6) is 5.75 Å². The Morgan fingerprint density at radius 1 is 1.24 bits per heavy atom. The predicted octanol–water partition coefficient (Wildman–Crippen LogP) is 3.80. The lowest BCUT2D eigenvalue weighted by Gasteiger charge is -2.29. The summed E-state index contributed by atoms with van der Waals surface area (Å²) in [6.07, 6.45) is 4.00. The summed E-state index contributed by atoms with van der Waals surface area (Å²) in [4.78, 5) is 0. The van der Waals surface area contributed by atoms with Crippen molar-refractivity contribution in [1.29, 1.82) is 0 Å². The molecule has 1 fully saturated rings. The van der Waals surface area contributed by atoms with Crippen molar-refractivity contribution in [2.75, 3.05) is 26.9 Å². The van der Waals surface area contributed by atoms with Crippen LogP contribution in [0.3, 0.4) is 0 Å². The van der Waals surface area contributed by atoms with Gasteiger partial charge in [-0.25, -0.2) is 0 Å². The summed E-state index contributed by atoms with van der Waals surface area (Å²) in [5.41, 5.74) is 1.30. The van der Waals surface area contributed by atoms with Gasteiger partial charge in [-0.2, -0.15) is 0 Å². The van der Waals surface area contributed by atoms with Crippen LogP contribution in [0, 0.1) is 11.8 Å². The molecule has 3 nitrogen and oxygen atoms in total. The quantitative estimate of drug-likeness (QED) is 0.739. The van der Waals surface area contributed by atoms with E-state index < -0.39 is 0 Å². The first-order valence-electron chi connectivity index (χ1n) is 8.22. The van der Waals surface area contributed by atoms with Crippen LogP contribution in [-0.2, 0) is 4.74 Å². The number of rotatable bonds is 8. The molecule has 0 aliphatic heterocycles. The molecule has 1 aromatic carbocycles. The van der Waals surface area contributed by atoms with Crippen LogP contribution in [0.2, 0.25) is 0 Å². The lowest BCUT2D eigenvalue weighted by molar-refractivity contribution is 0.144. The van der Waals surface area contributed by atoms with Crippen LogP contribution in [0.15, 0.2) is 24.3 Å². The van der Waals surface area contributed by atoms with Crippen molar-refractivity contribution in [2.24, 2.45) is 11.8 Å². The van der Waals surface area contributed by atoms with Gasteiger partial charge in [0.05, 0.1) is 6.61 Å². The maximum absolute atomic E-state index is 5.93. The zero-order chi connectivity index (χ0) is 15.1. The van der Waals surface area contributed by atoms with Crippen molar-refractivity contribution >= 4 is 0 Å². The molecule has 0 spiro atoms. The Bertz CT molecular complexity index is 421. The standard InChI is InChI=1S/C18H29NO2/c1-4-19-18(15-10-7-8-14(15)2)16-9-5-6-11-17(16)21-13-12-20-3/h5-6,9,11,14-15,18-19H,4,7-8,10,12-13H2,1-3H3. The Kier molecular flexibility index (Phi) is 6.52. The lowest BCUT2D eigenvalue weighted by Crippen LogP contribution is -2.30.